The van der Waals surface area contributed by atoms with Gasteiger partial charge in [0.2, 0.25) is 0 Å². The van der Waals surface area contributed by atoms with Crippen LogP contribution in [0.4, 0.5) is 0 Å². The van der Waals surface area contributed by atoms with Crippen molar-refractivity contribution in [3.8, 4) is 5.75 Å². The van der Waals surface area contributed by atoms with Gasteiger partial charge in [0.05, 0.1) is 6.04 Å². The average Bonchev–Trinajstić information content (AvgIpc) is 2.49. The van der Waals surface area contributed by atoms with Crippen LogP contribution in [-0.4, -0.2) is 12.5 Å². The normalized spacial score (nSPS) is 11.8. The van der Waals surface area contributed by atoms with E-state index < -0.39 is 0 Å². The molecule has 1 N–H and O–H groups in total. The largest absolute Gasteiger partial charge is 0.483 e. The molecule has 0 radical (unpaired) electrons. The highest BCUT2D eigenvalue weighted by Gasteiger charge is 2.13. The van der Waals surface area contributed by atoms with Crippen molar-refractivity contribution in [2.45, 2.75) is 26.8 Å². The van der Waals surface area contributed by atoms with E-state index in [0.717, 1.165) is 22.4 Å². The zero-order valence-corrected chi connectivity index (χ0v) is 13.8. The van der Waals surface area contributed by atoms with Crippen LogP contribution in [0.1, 0.15) is 29.7 Å². The van der Waals surface area contributed by atoms with E-state index in [4.69, 9.17) is 16.3 Å². The number of hydrogen-bond donors (Lipinski definition) is 1. The highest BCUT2D eigenvalue weighted by Crippen LogP contribution is 2.22. The van der Waals surface area contributed by atoms with Gasteiger partial charge in [0.15, 0.2) is 6.61 Å². The van der Waals surface area contributed by atoms with Crippen LogP contribution in [0.15, 0.2) is 42.5 Å². The van der Waals surface area contributed by atoms with Gasteiger partial charge < -0.3 is 10.1 Å². The Morgan fingerprint density at radius 1 is 1.18 bits per heavy atom. The lowest BCUT2D eigenvalue weighted by molar-refractivity contribution is -0.123. The number of carbonyl (C=O) groups is 1. The Balaban J connectivity index is 1.93. The molecule has 2 aromatic carbocycles. The molecule has 0 aromatic heterocycles. The Morgan fingerprint density at radius 2 is 1.91 bits per heavy atom. The van der Waals surface area contributed by atoms with Crippen molar-refractivity contribution < 1.29 is 9.53 Å². The topological polar surface area (TPSA) is 38.3 Å². The second-order valence-electron chi connectivity index (χ2n) is 5.30. The monoisotopic (exact) mass is 317 g/mol. The van der Waals surface area contributed by atoms with Gasteiger partial charge in [-0.05, 0) is 49.6 Å². The molecule has 0 heterocycles. The molecule has 0 spiro atoms. The molecular formula is C18H20ClNO2. The molecule has 0 aliphatic rings. The van der Waals surface area contributed by atoms with Crippen molar-refractivity contribution in [3.05, 3.63) is 64.2 Å². The fraction of sp³-hybridized carbons (Fsp3) is 0.278. The molecule has 1 atom stereocenters. The number of nitrogens with one attached hydrogen (secondary N) is 1. The van der Waals surface area contributed by atoms with Gasteiger partial charge in [0.1, 0.15) is 5.75 Å². The number of halogens is 1. The molecule has 4 heteroatoms. The number of amides is 1. The molecule has 0 bridgehead atoms. The molecule has 1 amide bonds. The number of rotatable bonds is 5. The molecule has 2 aromatic rings. The Kier molecular flexibility index (Phi) is 5.45. The van der Waals surface area contributed by atoms with Gasteiger partial charge in [0, 0.05) is 5.02 Å². The Bertz CT molecular complexity index is 670. The molecule has 22 heavy (non-hydrogen) atoms. The third kappa shape index (κ3) is 4.01. The van der Waals surface area contributed by atoms with E-state index in [1.165, 1.54) is 0 Å². The van der Waals surface area contributed by atoms with Crippen molar-refractivity contribution in [2.24, 2.45) is 0 Å². The number of carbonyl (C=O) groups excluding carboxylic acids is 1. The Hall–Kier alpha value is -2.00. The van der Waals surface area contributed by atoms with E-state index >= 15 is 0 Å². The third-order valence-electron chi connectivity index (χ3n) is 3.66. The van der Waals surface area contributed by atoms with E-state index in [2.05, 4.69) is 5.32 Å². The first-order valence-electron chi connectivity index (χ1n) is 7.22. The summed E-state index contributed by atoms with van der Waals surface area (Å²) in [6, 6.07) is 13.1. The predicted molar refractivity (Wildman–Crippen MR) is 89.4 cm³/mol. The first-order valence-corrected chi connectivity index (χ1v) is 7.59. The van der Waals surface area contributed by atoms with Crippen LogP contribution in [0.3, 0.4) is 0 Å². The summed E-state index contributed by atoms with van der Waals surface area (Å²) in [6.45, 7) is 5.88. The van der Waals surface area contributed by atoms with Crippen molar-refractivity contribution in [3.63, 3.8) is 0 Å². The first-order chi connectivity index (χ1) is 10.5. The zero-order valence-electron chi connectivity index (χ0n) is 13.0. The Labute approximate surface area is 136 Å². The molecule has 0 aliphatic heterocycles. The molecule has 3 nitrogen and oxygen atoms in total. The molecule has 0 aliphatic carbocycles. The highest BCUT2D eigenvalue weighted by molar-refractivity contribution is 6.31. The summed E-state index contributed by atoms with van der Waals surface area (Å²) >= 11 is 6.13. The van der Waals surface area contributed by atoms with Crippen LogP contribution in [0, 0.1) is 13.8 Å². The van der Waals surface area contributed by atoms with Gasteiger partial charge in [-0.15, -0.1) is 0 Å². The smallest absolute Gasteiger partial charge is 0.258 e. The van der Waals surface area contributed by atoms with Gasteiger partial charge in [-0.1, -0.05) is 41.9 Å². The SMILES string of the molecule is Cc1cccc(OCC(=O)N[C@@H](C)c2ccccc2Cl)c1C. The number of hydrogen-bond acceptors (Lipinski definition) is 2. The molecule has 0 fully saturated rings. The predicted octanol–water partition coefficient (Wildman–Crippen LogP) is 4.21. The number of ether oxygens (including phenoxy) is 1. The van der Waals surface area contributed by atoms with Gasteiger partial charge in [-0.3, -0.25) is 4.79 Å². The maximum absolute atomic E-state index is 12.0. The molecule has 2 rings (SSSR count). The highest BCUT2D eigenvalue weighted by atomic mass is 35.5. The molecule has 116 valence electrons. The van der Waals surface area contributed by atoms with Gasteiger partial charge in [-0.25, -0.2) is 0 Å². The van der Waals surface area contributed by atoms with Crippen molar-refractivity contribution >= 4 is 17.5 Å². The summed E-state index contributed by atoms with van der Waals surface area (Å²) in [7, 11) is 0. The maximum Gasteiger partial charge on any atom is 0.258 e. The quantitative estimate of drug-likeness (QED) is 0.897. The minimum absolute atomic E-state index is 0.0148. The summed E-state index contributed by atoms with van der Waals surface area (Å²) in [5, 5.41) is 3.54. The lowest BCUT2D eigenvalue weighted by atomic mass is 10.1. The molecule has 0 saturated carbocycles. The van der Waals surface area contributed by atoms with Crippen LogP contribution < -0.4 is 10.1 Å². The van der Waals surface area contributed by atoms with E-state index in [9.17, 15) is 4.79 Å². The van der Waals surface area contributed by atoms with Crippen LogP contribution in [0.25, 0.3) is 0 Å². The minimum atomic E-state index is -0.173. The summed E-state index contributed by atoms with van der Waals surface area (Å²) in [5.41, 5.74) is 3.08. The lowest BCUT2D eigenvalue weighted by Crippen LogP contribution is -2.31. The summed E-state index contributed by atoms with van der Waals surface area (Å²) in [6.07, 6.45) is 0. The molecular weight excluding hydrogens is 298 g/mol. The second kappa shape index (κ2) is 7.32. The standard InChI is InChI=1S/C18H20ClNO2/c1-12-7-6-10-17(13(12)2)22-11-18(21)20-14(3)15-8-4-5-9-16(15)19/h4-10,14H,11H2,1-3H3,(H,20,21)/t14-/m0/s1. The number of aryl methyl sites for hydroxylation is 1. The second-order valence-corrected chi connectivity index (χ2v) is 5.70. The van der Waals surface area contributed by atoms with Crippen molar-refractivity contribution in [1.29, 1.82) is 0 Å². The van der Waals surface area contributed by atoms with E-state index in [1.54, 1.807) is 0 Å². The van der Waals surface area contributed by atoms with Crippen LogP contribution in [0.5, 0.6) is 5.75 Å². The zero-order chi connectivity index (χ0) is 16.1. The minimum Gasteiger partial charge on any atom is -0.483 e. The first kappa shape index (κ1) is 16.4. The average molecular weight is 318 g/mol. The van der Waals surface area contributed by atoms with E-state index in [-0.39, 0.29) is 18.6 Å². The lowest BCUT2D eigenvalue weighted by Gasteiger charge is -2.16. The van der Waals surface area contributed by atoms with Crippen LogP contribution in [-0.2, 0) is 4.79 Å². The van der Waals surface area contributed by atoms with Gasteiger partial charge in [0.25, 0.3) is 5.91 Å². The van der Waals surface area contributed by atoms with Gasteiger partial charge >= 0.3 is 0 Å². The van der Waals surface area contributed by atoms with Crippen molar-refractivity contribution in [2.75, 3.05) is 6.61 Å². The fourth-order valence-electron chi connectivity index (χ4n) is 2.21. The van der Waals surface area contributed by atoms with Crippen molar-refractivity contribution in [1.82, 2.24) is 5.32 Å². The van der Waals surface area contributed by atoms with Crippen LogP contribution in [0.2, 0.25) is 5.02 Å². The molecule has 0 unspecified atom stereocenters. The number of benzene rings is 2. The summed E-state index contributed by atoms with van der Waals surface area (Å²) in [5.74, 6) is 0.564. The summed E-state index contributed by atoms with van der Waals surface area (Å²) in [4.78, 5) is 12.0. The fourth-order valence-corrected chi connectivity index (χ4v) is 2.51. The maximum atomic E-state index is 12.0. The third-order valence-corrected chi connectivity index (χ3v) is 4.01. The summed E-state index contributed by atoms with van der Waals surface area (Å²) < 4.78 is 5.60. The van der Waals surface area contributed by atoms with Gasteiger partial charge in [-0.2, -0.15) is 0 Å². The molecule has 0 saturated heterocycles. The van der Waals surface area contributed by atoms with E-state index in [1.807, 2.05) is 63.2 Å². The van der Waals surface area contributed by atoms with E-state index in [0.29, 0.717) is 5.02 Å². The Morgan fingerprint density at radius 3 is 2.64 bits per heavy atom. The van der Waals surface area contributed by atoms with Crippen LogP contribution >= 0.6 is 11.6 Å².